The highest BCUT2D eigenvalue weighted by atomic mass is 16.5. The number of fused-ring (bicyclic) bond motifs is 9. The minimum Gasteiger partial charge on any atom is -0.489 e. The maximum Gasteiger partial charge on any atom is 0.119 e. The molecule has 506 valence electrons. The van der Waals surface area contributed by atoms with E-state index in [1.54, 1.807) is 0 Å². The van der Waals surface area contributed by atoms with E-state index >= 15 is 0 Å². The van der Waals surface area contributed by atoms with Crippen LogP contribution in [-0.4, -0.2) is 0 Å². The molecule has 0 aromatic heterocycles. The van der Waals surface area contributed by atoms with Crippen molar-refractivity contribution in [2.45, 2.75) is 76.7 Å². The fourth-order valence-corrected chi connectivity index (χ4v) is 17.3. The van der Waals surface area contributed by atoms with E-state index in [1.165, 1.54) is 106 Å². The predicted octanol–water partition coefficient (Wildman–Crippen LogP) is 27.4. The Morgan fingerprint density at radius 1 is 0.276 bits per heavy atom. The maximum atomic E-state index is 6.66. The topological polar surface area (TPSA) is 15.7 Å². The van der Waals surface area contributed by atoms with E-state index in [9.17, 15) is 0 Å². The molecule has 0 amide bonds. The Morgan fingerprint density at radius 3 is 1.02 bits per heavy atom. The molecule has 0 radical (unpaired) electrons. The molecule has 3 nitrogen and oxygen atoms in total. The molecule has 1 unspecified atom stereocenters. The van der Waals surface area contributed by atoms with Crippen LogP contribution < -0.4 is 14.5 Å². The van der Waals surface area contributed by atoms with Crippen LogP contribution in [0.1, 0.15) is 110 Å². The second-order valence-corrected chi connectivity index (χ2v) is 29.9. The van der Waals surface area contributed by atoms with Crippen molar-refractivity contribution in [2.24, 2.45) is 0 Å². The Hall–Kier alpha value is -12.3. The maximum absolute atomic E-state index is 6.66. The average molecular weight is 1350 g/mol. The Morgan fingerprint density at radius 2 is 0.600 bits per heavy atom. The first kappa shape index (κ1) is 64.8. The SMILES string of the molecule is CCC(C)c1ccc(COc2ccc(C3(c4ccccc4)c4cc(-c5ccc(N(c6ccc(-c7ccccc7)cc6)c6ccc7c(c6)C(C)(C)c6ccccc6-7)cc5)ccc4-c4ccc(-c5ccc(N(c6ccc(-c7ccccc7)cc6)c6ccc7c(c6)C(C)(C)c6ccccc6-7)cc5)cc43)cc2)cc1. The summed E-state index contributed by atoms with van der Waals surface area (Å²) in [5, 5.41) is 0. The van der Waals surface area contributed by atoms with Gasteiger partial charge in [-0.25, -0.2) is 0 Å². The van der Waals surface area contributed by atoms with E-state index in [2.05, 4.69) is 409 Å². The molecule has 0 N–H and O–H groups in total. The van der Waals surface area contributed by atoms with Crippen LogP contribution in [0.2, 0.25) is 0 Å². The van der Waals surface area contributed by atoms with Gasteiger partial charge in [0.15, 0.2) is 0 Å². The highest BCUT2D eigenvalue weighted by Gasteiger charge is 2.47. The third-order valence-electron chi connectivity index (χ3n) is 23.2. The number of hydrogen-bond donors (Lipinski definition) is 0. The molecule has 15 aromatic carbocycles. The molecular weight excluding hydrogens is 1270 g/mol. The molecule has 0 aliphatic heterocycles. The summed E-state index contributed by atoms with van der Waals surface area (Å²) >= 11 is 0. The lowest BCUT2D eigenvalue weighted by Gasteiger charge is -2.34. The largest absolute Gasteiger partial charge is 0.489 e. The van der Waals surface area contributed by atoms with Crippen LogP contribution in [0.5, 0.6) is 5.75 Å². The monoisotopic (exact) mass is 1350 g/mol. The highest BCUT2D eigenvalue weighted by molar-refractivity contribution is 5.93. The summed E-state index contributed by atoms with van der Waals surface area (Å²) in [5.41, 5.74) is 35.4. The van der Waals surface area contributed by atoms with Crippen molar-refractivity contribution in [3.63, 3.8) is 0 Å². The Kier molecular flexibility index (Phi) is 16.2. The zero-order chi connectivity index (χ0) is 71.0. The van der Waals surface area contributed by atoms with Crippen LogP contribution >= 0.6 is 0 Å². The Bertz CT molecular complexity index is 5430. The van der Waals surface area contributed by atoms with Crippen molar-refractivity contribution in [3.8, 4) is 83.6 Å². The van der Waals surface area contributed by atoms with Crippen LogP contribution in [-0.2, 0) is 22.9 Å². The smallest absolute Gasteiger partial charge is 0.119 e. The van der Waals surface area contributed by atoms with Crippen LogP contribution in [0.4, 0.5) is 34.1 Å². The van der Waals surface area contributed by atoms with Gasteiger partial charge in [-0.15, -0.1) is 0 Å². The molecule has 3 aliphatic rings. The van der Waals surface area contributed by atoms with E-state index in [0.29, 0.717) is 12.5 Å². The molecule has 3 heteroatoms. The first-order valence-electron chi connectivity index (χ1n) is 37.2. The number of anilines is 6. The summed E-state index contributed by atoms with van der Waals surface area (Å²) < 4.78 is 6.66. The lowest BCUT2D eigenvalue weighted by Crippen LogP contribution is -2.28. The lowest BCUT2D eigenvalue weighted by atomic mass is 9.67. The van der Waals surface area contributed by atoms with Gasteiger partial charge in [-0.05, 0) is 243 Å². The summed E-state index contributed by atoms with van der Waals surface area (Å²) in [6.45, 7) is 14.5. The van der Waals surface area contributed by atoms with Crippen molar-refractivity contribution in [1.82, 2.24) is 0 Å². The van der Waals surface area contributed by atoms with Crippen LogP contribution in [0.25, 0.3) is 77.9 Å². The highest BCUT2D eigenvalue weighted by Crippen LogP contribution is 2.59. The van der Waals surface area contributed by atoms with Gasteiger partial charge >= 0.3 is 0 Å². The quantitative estimate of drug-likeness (QED) is 0.0904. The molecule has 3 aliphatic carbocycles. The standard InChI is InChI=1S/C102H82N2O/c1-7-68(2)70-33-31-69(32-34-70)67-105-87-57-45-80(46-58-87)102(79-25-15-10-16-26-79)98-63-77(75-39-51-83(52-40-75)103(81-47-35-73(36-48-81)71-21-11-8-12-22-71)85-55-61-90-88-27-17-19-29-94(88)100(3,4)96(90)65-85)43-59-92(98)93-60-44-78(64-99(93)102)76-41-53-84(54-42-76)104(82-49-37-74(38-50-82)72-23-13-9-14-24-72)86-56-62-91-89-28-18-20-30-95(89)101(5,6)97(91)66-86/h8-66,68H,7,67H2,1-6H3. The van der Waals surface area contributed by atoms with Gasteiger partial charge in [-0.2, -0.15) is 0 Å². The van der Waals surface area contributed by atoms with Crippen LogP contribution in [0.15, 0.2) is 358 Å². The van der Waals surface area contributed by atoms with Crippen molar-refractivity contribution in [2.75, 3.05) is 9.80 Å². The Balaban J connectivity index is 0.739. The Labute approximate surface area is 618 Å². The van der Waals surface area contributed by atoms with E-state index in [4.69, 9.17) is 4.74 Å². The van der Waals surface area contributed by atoms with Gasteiger partial charge in [0.2, 0.25) is 0 Å². The first-order valence-corrected chi connectivity index (χ1v) is 37.2. The number of rotatable bonds is 17. The predicted molar refractivity (Wildman–Crippen MR) is 439 cm³/mol. The summed E-state index contributed by atoms with van der Waals surface area (Å²) in [7, 11) is 0. The zero-order valence-corrected chi connectivity index (χ0v) is 60.4. The van der Waals surface area contributed by atoms with Gasteiger partial charge in [0.1, 0.15) is 12.4 Å². The molecule has 0 bridgehead atoms. The van der Waals surface area contributed by atoms with Crippen LogP contribution in [0.3, 0.4) is 0 Å². The summed E-state index contributed by atoms with van der Waals surface area (Å²) in [6, 6.07) is 133. The fraction of sp³-hybridized carbons (Fsp3) is 0.118. The minimum absolute atomic E-state index is 0.156. The molecule has 0 spiro atoms. The van der Waals surface area contributed by atoms with Crippen molar-refractivity contribution in [1.29, 1.82) is 0 Å². The molecular formula is C102H82N2O. The molecule has 105 heavy (non-hydrogen) atoms. The molecule has 0 fully saturated rings. The molecule has 18 rings (SSSR count). The van der Waals surface area contributed by atoms with E-state index in [1.807, 2.05) is 0 Å². The van der Waals surface area contributed by atoms with Gasteiger partial charge in [0.05, 0.1) is 5.41 Å². The zero-order valence-electron chi connectivity index (χ0n) is 60.4. The fourth-order valence-electron chi connectivity index (χ4n) is 17.3. The molecule has 0 saturated heterocycles. The second-order valence-electron chi connectivity index (χ2n) is 29.9. The third-order valence-corrected chi connectivity index (χ3v) is 23.2. The first-order chi connectivity index (χ1) is 51.4. The van der Waals surface area contributed by atoms with Gasteiger partial charge < -0.3 is 14.5 Å². The van der Waals surface area contributed by atoms with Gasteiger partial charge in [-0.3, -0.25) is 0 Å². The van der Waals surface area contributed by atoms with Gasteiger partial charge in [-0.1, -0.05) is 302 Å². The van der Waals surface area contributed by atoms with Crippen molar-refractivity contribution in [3.05, 3.63) is 414 Å². The normalized spacial score (nSPS) is 13.9. The van der Waals surface area contributed by atoms with Crippen LogP contribution in [0, 0.1) is 0 Å². The summed E-state index contributed by atoms with van der Waals surface area (Å²) in [6.07, 6.45) is 1.11. The molecule has 1 atom stereocenters. The minimum atomic E-state index is -0.727. The number of hydrogen-bond acceptors (Lipinski definition) is 3. The second kappa shape index (κ2) is 26.2. The van der Waals surface area contributed by atoms with Gasteiger partial charge in [0, 0.05) is 45.0 Å². The van der Waals surface area contributed by atoms with E-state index in [0.717, 1.165) is 74.1 Å². The summed E-state index contributed by atoms with van der Waals surface area (Å²) in [4.78, 5) is 4.85. The third kappa shape index (κ3) is 11.2. The van der Waals surface area contributed by atoms with E-state index in [-0.39, 0.29) is 10.8 Å². The van der Waals surface area contributed by atoms with Crippen molar-refractivity contribution < 1.29 is 4.74 Å². The van der Waals surface area contributed by atoms with Crippen molar-refractivity contribution >= 4 is 34.1 Å². The number of benzene rings is 15. The van der Waals surface area contributed by atoms with E-state index < -0.39 is 5.41 Å². The molecule has 15 aromatic rings. The molecule has 0 saturated carbocycles. The number of nitrogens with zero attached hydrogens (tertiary/aromatic N) is 2. The average Bonchev–Trinajstić information content (AvgIpc) is 1.54. The lowest BCUT2D eigenvalue weighted by molar-refractivity contribution is 0.306. The van der Waals surface area contributed by atoms with Gasteiger partial charge in [0.25, 0.3) is 0 Å². The molecule has 0 heterocycles. The summed E-state index contributed by atoms with van der Waals surface area (Å²) in [5.74, 6) is 1.35. The number of ether oxygens (including phenoxy) is 1.